The molecule has 42 heavy (non-hydrogen) atoms. The second-order valence-corrected chi connectivity index (χ2v) is 10.7. The van der Waals surface area contributed by atoms with E-state index in [-0.39, 0.29) is 0 Å². The maximum Gasteiger partial charge on any atom is 0.146 e. The van der Waals surface area contributed by atoms with Gasteiger partial charge in [0.15, 0.2) is 0 Å². The largest absolute Gasteiger partial charge is 0.456 e. The number of imidazole rings is 1. The van der Waals surface area contributed by atoms with Gasteiger partial charge >= 0.3 is 0 Å². The predicted octanol–water partition coefficient (Wildman–Crippen LogP) is 10.6. The molecule has 0 spiro atoms. The number of para-hydroxylation sites is 4. The first-order chi connectivity index (χ1) is 20.9. The summed E-state index contributed by atoms with van der Waals surface area (Å²) in [6.45, 7) is 0. The fraction of sp³-hybridized carbons (Fsp3) is 0. The molecule has 7 aromatic carbocycles. The molecule has 0 saturated carbocycles. The molecule has 9 aromatic rings. The normalized spacial score (nSPS) is 11.8. The third-order valence-corrected chi connectivity index (χ3v) is 8.40. The van der Waals surface area contributed by atoms with Crippen LogP contribution >= 0.6 is 0 Å². The quantitative estimate of drug-likeness (QED) is 0.210. The van der Waals surface area contributed by atoms with Gasteiger partial charge in [-0.15, -0.1) is 0 Å². The first-order valence-electron chi connectivity index (χ1n) is 14.2. The molecule has 3 heteroatoms. The molecule has 9 rings (SSSR count). The van der Waals surface area contributed by atoms with E-state index in [1.807, 2.05) is 12.1 Å². The van der Waals surface area contributed by atoms with Crippen LogP contribution in [0.25, 0.3) is 82.7 Å². The van der Waals surface area contributed by atoms with E-state index in [2.05, 4.69) is 138 Å². The molecule has 0 bridgehead atoms. The molecule has 0 aliphatic rings. The molecule has 0 atom stereocenters. The number of benzene rings is 7. The van der Waals surface area contributed by atoms with Crippen molar-refractivity contribution in [2.45, 2.75) is 0 Å². The Morgan fingerprint density at radius 2 is 1.02 bits per heavy atom. The molecule has 2 aromatic heterocycles. The Morgan fingerprint density at radius 3 is 1.76 bits per heavy atom. The van der Waals surface area contributed by atoms with Crippen molar-refractivity contribution in [3.63, 3.8) is 0 Å². The summed E-state index contributed by atoms with van der Waals surface area (Å²) in [7, 11) is 0. The summed E-state index contributed by atoms with van der Waals surface area (Å²) in [4.78, 5) is 5.29. The Hall–Kier alpha value is -5.67. The lowest BCUT2D eigenvalue weighted by molar-refractivity contribution is 0.669. The van der Waals surface area contributed by atoms with Crippen molar-refractivity contribution in [2.24, 2.45) is 0 Å². The Kier molecular flexibility index (Phi) is 4.90. The van der Waals surface area contributed by atoms with Crippen LogP contribution in [0, 0.1) is 0 Å². The monoisotopic (exact) mass is 536 g/mol. The molecular formula is C39H24N2O. The summed E-state index contributed by atoms with van der Waals surface area (Å²) >= 11 is 0. The maximum absolute atomic E-state index is 6.32. The lowest BCUT2D eigenvalue weighted by Crippen LogP contribution is -1.99. The highest BCUT2D eigenvalue weighted by Gasteiger charge is 2.23. The lowest BCUT2D eigenvalue weighted by atomic mass is 9.86. The Balaban J connectivity index is 1.47. The van der Waals surface area contributed by atoms with Crippen molar-refractivity contribution in [2.75, 3.05) is 0 Å². The number of furan rings is 1. The summed E-state index contributed by atoms with van der Waals surface area (Å²) in [5, 5.41) is 7.00. The molecule has 196 valence electrons. The molecule has 0 N–H and O–H groups in total. The van der Waals surface area contributed by atoms with Crippen molar-refractivity contribution < 1.29 is 4.42 Å². The van der Waals surface area contributed by atoms with Crippen LogP contribution in [0.15, 0.2) is 150 Å². The summed E-state index contributed by atoms with van der Waals surface area (Å²) in [6, 6.07) is 51.2. The molecule has 0 fully saturated rings. The van der Waals surface area contributed by atoms with E-state index in [0.717, 1.165) is 50.0 Å². The molecule has 0 radical (unpaired) electrons. The van der Waals surface area contributed by atoms with Crippen LogP contribution in [0.3, 0.4) is 0 Å². The molecule has 0 saturated heterocycles. The number of aromatic nitrogens is 2. The highest BCUT2D eigenvalue weighted by atomic mass is 16.3. The van der Waals surface area contributed by atoms with Gasteiger partial charge in [-0.3, -0.25) is 4.57 Å². The highest BCUT2D eigenvalue weighted by Crippen LogP contribution is 2.47. The molecule has 3 nitrogen and oxygen atoms in total. The van der Waals surface area contributed by atoms with Gasteiger partial charge in [0, 0.05) is 22.0 Å². The van der Waals surface area contributed by atoms with Gasteiger partial charge in [0.2, 0.25) is 0 Å². The van der Waals surface area contributed by atoms with Crippen LogP contribution in [-0.4, -0.2) is 9.55 Å². The van der Waals surface area contributed by atoms with E-state index < -0.39 is 0 Å². The van der Waals surface area contributed by atoms with Crippen LogP contribution in [0.2, 0.25) is 0 Å². The van der Waals surface area contributed by atoms with Gasteiger partial charge < -0.3 is 4.42 Å². The topological polar surface area (TPSA) is 31.0 Å². The van der Waals surface area contributed by atoms with Crippen LogP contribution in [0.5, 0.6) is 0 Å². The van der Waals surface area contributed by atoms with Crippen molar-refractivity contribution in [1.29, 1.82) is 0 Å². The van der Waals surface area contributed by atoms with Crippen LogP contribution in [0.4, 0.5) is 0 Å². The summed E-state index contributed by atoms with van der Waals surface area (Å²) in [5.74, 6) is 0.938. The van der Waals surface area contributed by atoms with Crippen molar-refractivity contribution >= 4 is 54.5 Å². The Morgan fingerprint density at radius 1 is 0.452 bits per heavy atom. The van der Waals surface area contributed by atoms with Gasteiger partial charge in [-0.2, -0.15) is 0 Å². The van der Waals surface area contributed by atoms with Crippen molar-refractivity contribution in [3.8, 4) is 28.2 Å². The van der Waals surface area contributed by atoms with Gasteiger partial charge in [-0.25, -0.2) is 4.98 Å². The van der Waals surface area contributed by atoms with Gasteiger partial charge in [0.05, 0.1) is 11.0 Å². The Labute approximate surface area is 241 Å². The van der Waals surface area contributed by atoms with E-state index in [4.69, 9.17) is 9.40 Å². The Bertz CT molecular complexity index is 2410. The minimum absolute atomic E-state index is 0.900. The second-order valence-electron chi connectivity index (χ2n) is 10.7. The first kappa shape index (κ1) is 23.1. The van der Waals surface area contributed by atoms with E-state index in [9.17, 15) is 0 Å². The van der Waals surface area contributed by atoms with E-state index in [1.54, 1.807) is 0 Å². The number of hydrogen-bond donors (Lipinski definition) is 0. The van der Waals surface area contributed by atoms with E-state index in [0.29, 0.717) is 0 Å². The average Bonchev–Trinajstić information content (AvgIpc) is 3.63. The van der Waals surface area contributed by atoms with Crippen LogP contribution < -0.4 is 0 Å². The maximum atomic E-state index is 6.32. The van der Waals surface area contributed by atoms with Crippen LogP contribution in [-0.2, 0) is 0 Å². The third-order valence-electron chi connectivity index (χ3n) is 8.40. The number of fused-ring (bicyclic) bond motifs is 6. The SMILES string of the molecule is c1ccc(-n2c(-c3c4ccccc4c(-c4cccc5oc6ccccc6c45)c4ccccc34)nc3ccccc32)cc1. The van der Waals surface area contributed by atoms with E-state index in [1.165, 1.54) is 32.7 Å². The van der Waals surface area contributed by atoms with Crippen molar-refractivity contribution in [1.82, 2.24) is 9.55 Å². The molecule has 2 heterocycles. The first-order valence-corrected chi connectivity index (χ1v) is 14.2. The minimum Gasteiger partial charge on any atom is -0.456 e. The van der Waals surface area contributed by atoms with Gasteiger partial charge in [0.25, 0.3) is 0 Å². The fourth-order valence-corrected chi connectivity index (χ4v) is 6.67. The zero-order chi connectivity index (χ0) is 27.6. The lowest BCUT2D eigenvalue weighted by Gasteiger charge is -2.18. The fourth-order valence-electron chi connectivity index (χ4n) is 6.67. The zero-order valence-electron chi connectivity index (χ0n) is 22.7. The second kappa shape index (κ2) is 8.92. The van der Waals surface area contributed by atoms with Crippen molar-refractivity contribution in [3.05, 3.63) is 146 Å². The van der Waals surface area contributed by atoms with Gasteiger partial charge in [0.1, 0.15) is 17.0 Å². The number of rotatable bonds is 3. The summed E-state index contributed by atoms with van der Waals surface area (Å²) in [6.07, 6.45) is 0. The molecule has 0 amide bonds. The van der Waals surface area contributed by atoms with Gasteiger partial charge in [-0.05, 0) is 69.1 Å². The van der Waals surface area contributed by atoms with E-state index >= 15 is 0 Å². The van der Waals surface area contributed by atoms with Gasteiger partial charge in [-0.1, -0.05) is 109 Å². The molecular weight excluding hydrogens is 512 g/mol. The third kappa shape index (κ3) is 3.25. The smallest absolute Gasteiger partial charge is 0.146 e. The summed E-state index contributed by atoms with van der Waals surface area (Å²) in [5.41, 5.74) is 8.48. The zero-order valence-corrected chi connectivity index (χ0v) is 22.7. The van der Waals surface area contributed by atoms with Crippen LogP contribution in [0.1, 0.15) is 0 Å². The molecule has 0 aliphatic carbocycles. The highest BCUT2D eigenvalue weighted by molar-refractivity contribution is 6.25. The summed E-state index contributed by atoms with van der Waals surface area (Å²) < 4.78 is 8.62. The molecule has 0 aliphatic heterocycles. The predicted molar refractivity (Wildman–Crippen MR) is 174 cm³/mol. The molecule has 0 unspecified atom stereocenters. The average molecular weight is 537 g/mol. The number of nitrogens with zero attached hydrogens (tertiary/aromatic N) is 2. The number of hydrogen-bond acceptors (Lipinski definition) is 2. The minimum atomic E-state index is 0.900. The standard InChI is InChI=1S/C39H24N2O/c1-2-13-25(14-3-1)41-33-22-10-9-21-32(33)40-39(41)38-28-17-6-4-15-26(28)36(27-16-5-7-18-29(27)38)31-20-12-24-35-37(31)30-19-8-11-23-34(30)42-35/h1-24H.